The average Bonchev–Trinajstić information content (AvgIpc) is 2.54. The summed E-state index contributed by atoms with van der Waals surface area (Å²) in [6.07, 6.45) is 5.62. The lowest BCUT2D eigenvalue weighted by Crippen LogP contribution is -2.25. The van der Waals surface area contributed by atoms with Crippen molar-refractivity contribution in [2.45, 2.75) is 19.4 Å². The largest absolute Gasteiger partial charge is 0.381 e. The monoisotopic (exact) mass is 182 g/mol. The predicted molar refractivity (Wildman–Crippen MR) is 48.6 cm³/mol. The molecular formula is C9H14N2O2. The Morgan fingerprint density at radius 3 is 2.92 bits per heavy atom. The quantitative estimate of drug-likeness (QED) is 0.728. The molecule has 1 saturated heterocycles. The Kier molecular flexibility index (Phi) is 2.49. The molecule has 1 fully saturated rings. The Bertz CT molecular complexity index is 309. The van der Waals surface area contributed by atoms with Crippen LogP contribution in [0.5, 0.6) is 0 Å². The topological polar surface area (TPSA) is 47.0 Å². The first-order valence-corrected chi connectivity index (χ1v) is 4.68. The summed E-state index contributed by atoms with van der Waals surface area (Å²) in [5, 5.41) is 0. The highest BCUT2D eigenvalue weighted by Crippen LogP contribution is 2.15. The van der Waals surface area contributed by atoms with Crippen LogP contribution in [0.25, 0.3) is 0 Å². The molecule has 2 rings (SSSR count). The van der Waals surface area contributed by atoms with Gasteiger partial charge in [-0.05, 0) is 18.8 Å². The lowest BCUT2D eigenvalue weighted by Gasteiger charge is -2.21. The molecular weight excluding hydrogens is 168 g/mol. The molecule has 1 N–H and O–H groups in total. The van der Waals surface area contributed by atoms with E-state index in [9.17, 15) is 4.79 Å². The van der Waals surface area contributed by atoms with Gasteiger partial charge in [-0.2, -0.15) is 0 Å². The van der Waals surface area contributed by atoms with E-state index in [1.54, 1.807) is 17.0 Å². The molecule has 4 heteroatoms. The van der Waals surface area contributed by atoms with Crippen LogP contribution in [0.15, 0.2) is 17.2 Å². The van der Waals surface area contributed by atoms with Gasteiger partial charge in [-0.25, -0.2) is 4.79 Å². The lowest BCUT2D eigenvalue weighted by molar-refractivity contribution is 0.0610. The molecule has 0 atom stereocenters. The first kappa shape index (κ1) is 8.56. The maximum Gasteiger partial charge on any atom is 0.325 e. The van der Waals surface area contributed by atoms with E-state index in [1.807, 2.05) is 0 Å². The Labute approximate surface area is 76.5 Å². The van der Waals surface area contributed by atoms with Gasteiger partial charge in [-0.1, -0.05) is 0 Å². The van der Waals surface area contributed by atoms with Crippen LogP contribution in [0.2, 0.25) is 0 Å². The van der Waals surface area contributed by atoms with Crippen molar-refractivity contribution >= 4 is 0 Å². The highest BCUT2D eigenvalue weighted by molar-refractivity contribution is 4.77. The van der Waals surface area contributed by atoms with E-state index in [1.165, 1.54) is 0 Å². The summed E-state index contributed by atoms with van der Waals surface area (Å²) in [6.45, 7) is 2.50. The zero-order chi connectivity index (χ0) is 9.10. The van der Waals surface area contributed by atoms with Gasteiger partial charge in [0.1, 0.15) is 0 Å². The molecule has 0 aliphatic carbocycles. The van der Waals surface area contributed by atoms with Crippen LogP contribution >= 0.6 is 0 Å². The fourth-order valence-electron chi connectivity index (χ4n) is 1.70. The molecule has 2 heterocycles. The van der Waals surface area contributed by atoms with E-state index in [4.69, 9.17) is 4.74 Å². The minimum Gasteiger partial charge on any atom is -0.381 e. The van der Waals surface area contributed by atoms with E-state index in [-0.39, 0.29) is 5.69 Å². The molecule has 13 heavy (non-hydrogen) atoms. The standard InChI is InChI=1S/C9H14N2O2/c12-9-10-3-4-11(9)7-8-1-5-13-6-2-8/h3-4,8H,1-2,5-7H2,(H,10,12). The first-order chi connectivity index (χ1) is 6.36. The number of hydrogen-bond donors (Lipinski definition) is 1. The van der Waals surface area contributed by atoms with Crippen LogP contribution in [0, 0.1) is 5.92 Å². The minimum absolute atomic E-state index is 0.00788. The molecule has 0 saturated carbocycles. The zero-order valence-electron chi connectivity index (χ0n) is 7.53. The Hall–Kier alpha value is -1.03. The summed E-state index contributed by atoms with van der Waals surface area (Å²) in [4.78, 5) is 13.8. The van der Waals surface area contributed by atoms with Crippen molar-refractivity contribution in [3.05, 3.63) is 22.9 Å². The second-order valence-electron chi connectivity index (χ2n) is 3.47. The molecule has 0 unspecified atom stereocenters. The number of aromatic amines is 1. The third-order valence-corrected chi connectivity index (χ3v) is 2.52. The molecule has 0 radical (unpaired) electrons. The van der Waals surface area contributed by atoms with Gasteiger partial charge in [-0.3, -0.25) is 4.57 Å². The van der Waals surface area contributed by atoms with E-state index >= 15 is 0 Å². The number of ether oxygens (including phenoxy) is 1. The van der Waals surface area contributed by atoms with Crippen molar-refractivity contribution in [1.82, 2.24) is 9.55 Å². The number of hydrogen-bond acceptors (Lipinski definition) is 2. The molecule has 0 spiro atoms. The van der Waals surface area contributed by atoms with Crippen molar-refractivity contribution < 1.29 is 4.74 Å². The van der Waals surface area contributed by atoms with Gasteiger partial charge in [0.2, 0.25) is 0 Å². The minimum atomic E-state index is -0.00788. The summed E-state index contributed by atoms with van der Waals surface area (Å²) < 4.78 is 6.99. The summed E-state index contributed by atoms with van der Waals surface area (Å²) in [6, 6.07) is 0. The molecule has 0 bridgehead atoms. The smallest absolute Gasteiger partial charge is 0.325 e. The van der Waals surface area contributed by atoms with Crippen molar-refractivity contribution in [3.63, 3.8) is 0 Å². The lowest BCUT2D eigenvalue weighted by atomic mass is 10.0. The highest BCUT2D eigenvalue weighted by Gasteiger charge is 2.14. The van der Waals surface area contributed by atoms with Crippen LogP contribution in [0.3, 0.4) is 0 Å². The van der Waals surface area contributed by atoms with Crippen molar-refractivity contribution in [1.29, 1.82) is 0 Å². The zero-order valence-corrected chi connectivity index (χ0v) is 7.53. The van der Waals surface area contributed by atoms with Gasteiger partial charge in [0, 0.05) is 32.2 Å². The molecule has 0 amide bonds. The van der Waals surface area contributed by atoms with Crippen molar-refractivity contribution in [3.8, 4) is 0 Å². The fraction of sp³-hybridized carbons (Fsp3) is 0.667. The Morgan fingerprint density at radius 1 is 1.54 bits per heavy atom. The van der Waals surface area contributed by atoms with Gasteiger partial charge >= 0.3 is 5.69 Å². The maximum absolute atomic E-state index is 11.2. The third-order valence-electron chi connectivity index (χ3n) is 2.52. The van der Waals surface area contributed by atoms with Crippen LogP contribution in [-0.4, -0.2) is 22.8 Å². The second kappa shape index (κ2) is 3.79. The Balaban J connectivity index is 1.97. The normalized spacial score (nSPS) is 19.1. The van der Waals surface area contributed by atoms with Crippen molar-refractivity contribution in [2.24, 2.45) is 5.92 Å². The fourth-order valence-corrected chi connectivity index (χ4v) is 1.70. The predicted octanol–water partition coefficient (Wildman–Crippen LogP) is 0.603. The number of nitrogens with one attached hydrogen (secondary N) is 1. The number of imidazole rings is 1. The number of rotatable bonds is 2. The number of aromatic nitrogens is 2. The number of nitrogens with zero attached hydrogens (tertiary/aromatic N) is 1. The van der Waals surface area contributed by atoms with E-state index in [0.717, 1.165) is 32.6 Å². The molecule has 1 aromatic rings. The van der Waals surface area contributed by atoms with E-state index in [2.05, 4.69) is 4.98 Å². The average molecular weight is 182 g/mol. The summed E-state index contributed by atoms with van der Waals surface area (Å²) >= 11 is 0. The van der Waals surface area contributed by atoms with Crippen LogP contribution in [0.4, 0.5) is 0 Å². The van der Waals surface area contributed by atoms with Crippen molar-refractivity contribution in [2.75, 3.05) is 13.2 Å². The molecule has 72 valence electrons. The van der Waals surface area contributed by atoms with E-state index in [0.29, 0.717) is 5.92 Å². The summed E-state index contributed by atoms with van der Waals surface area (Å²) in [5.74, 6) is 0.599. The molecule has 4 nitrogen and oxygen atoms in total. The summed E-state index contributed by atoms with van der Waals surface area (Å²) in [5.41, 5.74) is -0.00788. The molecule has 1 aromatic heterocycles. The second-order valence-corrected chi connectivity index (χ2v) is 3.47. The van der Waals surface area contributed by atoms with Crippen LogP contribution in [0.1, 0.15) is 12.8 Å². The van der Waals surface area contributed by atoms with Gasteiger partial charge in [0.25, 0.3) is 0 Å². The van der Waals surface area contributed by atoms with Gasteiger partial charge in [0.15, 0.2) is 0 Å². The SMILES string of the molecule is O=c1[nH]ccn1CC1CCOCC1. The highest BCUT2D eigenvalue weighted by atomic mass is 16.5. The van der Waals surface area contributed by atoms with Gasteiger partial charge in [-0.15, -0.1) is 0 Å². The van der Waals surface area contributed by atoms with Gasteiger partial charge in [0.05, 0.1) is 0 Å². The summed E-state index contributed by atoms with van der Waals surface area (Å²) in [7, 11) is 0. The molecule has 1 aliphatic rings. The number of H-pyrrole nitrogens is 1. The van der Waals surface area contributed by atoms with Crippen LogP contribution < -0.4 is 5.69 Å². The maximum atomic E-state index is 11.2. The van der Waals surface area contributed by atoms with Crippen LogP contribution in [-0.2, 0) is 11.3 Å². The molecule has 1 aliphatic heterocycles. The molecule has 0 aromatic carbocycles. The Morgan fingerprint density at radius 2 is 2.31 bits per heavy atom. The van der Waals surface area contributed by atoms with E-state index < -0.39 is 0 Å². The first-order valence-electron chi connectivity index (χ1n) is 4.68. The third kappa shape index (κ3) is 2.01. The van der Waals surface area contributed by atoms with Gasteiger partial charge < -0.3 is 9.72 Å².